The lowest BCUT2D eigenvalue weighted by molar-refractivity contribution is -0.129. The third-order valence-electron chi connectivity index (χ3n) is 7.23. The van der Waals surface area contributed by atoms with Gasteiger partial charge in [-0.2, -0.15) is 0 Å². The second-order valence-electron chi connectivity index (χ2n) is 8.35. The van der Waals surface area contributed by atoms with Crippen molar-refractivity contribution >= 4 is 11.6 Å². The van der Waals surface area contributed by atoms with Crippen molar-refractivity contribution < 1.29 is 9.59 Å². The summed E-state index contributed by atoms with van der Waals surface area (Å²) in [6.07, 6.45) is 9.32. The molecule has 0 N–H and O–H groups in total. The smallest absolute Gasteiger partial charge is 0.178 e. The van der Waals surface area contributed by atoms with Gasteiger partial charge in [0.25, 0.3) is 0 Å². The van der Waals surface area contributed by atoms with Gasteiger partial charge in [0.15, 0.2) is 11.6 Å². The Morgan fingerprint density at radius 3 is 2.57 bits per heavy atom. The lowest BCUT2D eigenvalue weighted by Gasteiger charge is -2.55. The molecule has 2 nitrogen and oxygen atoms in total. The van der Waals surface area contributed by atoms with E-state index in [0.29, 0.717) is 17.8 Å². The molecule has 0 spiro atoms. The predicted octanol–water partition coefficient (Wildman–Crippen LogP) is 4.20. The molecule has 0 saturated heterocycles. The van der Waals surface area contributed by atoms with E-state index >= 15 is 0 Å². The zero-order valence-electron chi connectivity index (χ0n) is 14.0. The summed E-state index contributed by atoms with van der Waals surface area (Å²) in [4.78, 5) is 24.5. The van der Waals surface area contributed by atoms with Crippen molar-refractivity contribution in [2.24, 2.45) is 28.6 Å². The van der Waals surface area contributed by atoms with Crippen LogP contribution in [-0.4, -0.2) is 11.6 Å². The van der Waals surface area contributed by atoms with Gasteiger partial charge in [0.2, 0.25) is 0 Å². The number of fused-ring (bicyclic) bond motifs is 5. The number of Topliss-reactive ketones (excluding diaryl/α,β-unsaturated/α-hetero) is 1. The van der Waals surface area contributed by atoms with E-state index in [2.05, 4.69) is 33.1 Å². The monoisotopic (exact) mass is 308 g/mol. The van der Waals surface area contributed by atoms with E-state index < -0.39 is 0 Å². The largest absolute Gasteiger partial charge is 0.294 e. The van der Waals surface area contributed by atoms with E-state index in [-0.39, 0.29) is 22.4 Å². The SMILES string of the molecule is C=C1C[C@H]2[C@@H]3CC(=C)C4=CC(=O)C=C[C@]4(C)[C@H]3CC[C@]2(C)C1=O. The molecule has 0 aromatic rings. The molecule has 0 unspecified atom stereocenters. The fraction of sp³-hybridized carbons (Fsp3) is 0.524. The maximum Gasteiger partial charge on any atom is 0.178 e. The fourth-order valence-corrected chi connectivity index (χ4v) is 5.95. The molecule has 4 rings (SSSR count). The van der Waals surface area contributed by atoms with Gasteiger partial charge in [0, 0.05) is 10.8 Å². The fourth-order valence-electron chi connectivity index (χ4n) is 5.95. The van der Waals surface area contributed by atoms with Crippen LogP contribution in [-0.2, 0) is 9.59 Å². The Kier molecular flexibility index (Phi) is 2.87. The molecule has 0 aliphatic heterocycles. The summed E-state index contributed by atoms with van der Waals surface area (Å²) in [6.45, 7) is 12.7. The number of carbonyl (C=O) groups is 2. The van der Waals surface area contributed by atoms with Gasteiger partial charge in [-0.3, -0.25) is 9.59 Å². The van der Waals surface area contributed by atoms with Gasteiger partial charge in [0.1, 0.15) is 0 Å². The van der Waals surface area contributed by atoms with E-state index in [1.807, 2.05) is 0 Å². The van der Waals surface area contributed by atoms with Crippen LogP contribution in [0.4, 0.5) is 0 Å². The minimum atomic E-state index is -0.232. The highest BCUT2D eigenvalue weighted by atomic mass is 16.1. The molecule has 4 aliphatic rings. The topological polar surface area (TPSA) is 34.1 Å². The molecule has 4 aliphatic carbocycles. The van der Waals surface area contributed by atoms with Gasteiger partial charge in [0.05, 0.1) is 0 Å². The summed E-state index contributed by atoms with van der Waals surface area (Å²) < 4.78 is 0. The van der Waals surface area contributed by atoms with Crippen LogP contribution in [0.25, 0.3) is 0 Å². The van der Waals surface area contributed by atoms with E-state index in [0.717, 1.165) is 42.4 Å². The molecule has 3 saturated carbocycles. The second-order valence-corrected chi connectivity index (χ2v) is 8.35. The van der Waals surface area contributed by atoms with E-state index in [1.54, 1.807) is 12.2 Å². The summed E-state index contributed by atoms with van der Waals surface area (Å²) in [5, 5.41) is 0. The molecule has 0 heterocycles. The van der Waals surface area contributed by atoms with Gasteiger partial charge >= 0.3 is 0 Å². The molecule has 23 heavy (non-hydrogen) atoms. The van der Waals surface area contributed by atoms with Crippen LogP contribution in [0.5, 0.6) is 0 Å². The van der Waals surface area contributed by atoms with Gasteiger partial charge in [-0.1, -0.05) is 38.7 Å². The second kappa shape index (κ2) is 4.43. The number of allylic oxidation sites excluding steroid dienone is 6. The molecular weight excluding hydrogens is 284 g/mol. The average molecular weight is 308 g/mol. The van der Waals surface area contributed by atoms with E-state index in [4.69, 9.17) is 0 Å². The molecule has 0 bridgehead atoms. The van der Waals surface area contributed by atoms with Crippen molar-refractivity contribution in [3.05, 3.63) is 48.1 Å². The Morgan fingerprint density at radius 2 is 1.83 bits per heavy atom. The Bertz CT molecular complexity index is 722. The van der Waals surface area contributed by atoms with Crippen molar-refractivity contribution in [1.82, 2.24) is 0 Å². The first kappa shape index (κ1) is 14.9. The lowest BCUT2D eigenvalue weighted by atomic mass is 9.48. The van der Waals surface area contributed by atoms with Crippen LogP contribution in [0.1, 0.15) is 39.5 Å². The third kappa shape index (κ3) is 1.75. The Hall–Kier alpha value is -1.70. The number of hydrogen-bond acceptors (Lipinski definition) is 2. The highest BCUT2D eigenvalue weighted by Crippen LogP contribution is 2.64. The summed E-state index contributed by atoms with van der Waals surface area (Å²) >= 11 is 0. The first-order valence-corrected chi connectivity index (χ1v) is 8.63. The Balaban J connectivity index is 1.79. The maximum absolute atomic E-state index is 12.6. The summed E-state index contributed by atoms with van der Waals surface area (Å²) in [5.74, 6) is 1.68. The molecule has 0 radical (unpaired) electrons. The molecular formula is C21H24O2. The van der Waals surface area contributed by atoms with Crippen LogP contribution in [0.15, 0.2) is 48.1 Å². The molecule has 3 fully saturated rings. The van der Waals surface area contributed by atoms with Crippen molar-refractivity contribution in [3.8, 4) is 0 Å². The number of rotatable bonds is 0. The maximum atomic E-state index is 12.6. The molecule has 2 heteroatoms. The highest BCUT2D eigenvalue weighted by molar-refractivity contribution is 6.02. The minimum absolute atomic E-state index is 0.0714. The lowest BCUT2D eigenvalue weighted by Crippen LogP contribution is -2.50. The van der Waals surface area contributed by atoms with Crippen molar-refractivity contribution in [2.45, 2.75) is 39.5 Å². The number of hydrogen-bond donors (Lipinski definition) is 0. The Morgan fingerprint density at radius 1 is 1.09 bits per heavy atom. The van der Waals surface area contributed by atoms with Crippen molar-refractivity contribution in [1.29, 1.82) is 0 Å². The van der Waals surface area contributed by atoms with Gasteiger partial charge < -0.3 is 0 Å². The molecule has 0 amide bonds. The molecule has 120 valence electrons. The normalized spacial score (nSPS) is 45.5. The van der Waals surface area contributed by atoms with Gasteiger partial charge in [-0.05, 0) is 66.7 Å². The van der Waals surface area contributed by atoms with Crippen LogP contribution in [0.2, 0.25) is 0 Å². The average Bonchev–Trinajstić information content (AvgIpc) is 2.73. The van der Waals surface area contributed by atoms with Gasteiger partial charge in [-0.15, -0.1) is 0 Å². The minimum Gasteiger partial charge on any atom is -0.294 e. The summed E-state index contributed by atoms with van der Waals surface area (Å²) in [5.41, 5.74) is 2.68. The van der Waals surface area contributed by atoms with Crippen molar-refractivity contribution in [3.63, 3.8) is 0 Å². The standard InChI is InChI=1S/C21H24O2/c1-12-9-15-16(20(3)7-5-14(22)11-17(12)20)6-8-21(4)18(15)10-13(2)19(21)23/h5,7,11,15-16,18H,1-2,6,8-10H2,3-4H3/t15-,16+,18+,20-,21+/m1/s1. The zero-order valence-corrected chi connectivity index (χ0v) is 14.0. The quantitative estimate of drug-likeness (QED) is 0.629. The summed E-state index contributed by atoms with van der Waals surface area (Å²) in [7, 11) is 0. The molecule has 5 atom stereocenters. The molecule has 0 aromatic heterocycles. The number of carbonyl (C=O) groups excluding carboxylic acids is 2. The van der Waals surface area contributed by atoms with E-state index in [9.17, 15) is 9.59 Å². The predicted molar refractivity (Wildman–Crippen MR) is 90.7 cm³/mol. The van der Waals surface area contributed by atoms with Crippen LogP contribution in [0, 0.1) is 28.6 Å². The number of ketones is 2. The summed E-state index contributed by atoms with van der Waals surface area (Å²) in [6, 6.07) is 0. The first-order chi connectivity index (χ1) is 10.8. The van der Waals surface area contributed by atoms with Crippen LogP contribution < -0.4 is 0 Å². The van der Waals surface area contributed by atoms with Crippen LogP contribution in [0.3, 0.4) is 0 Å². The van der Waals surface area contributed by atoms with Crippen LogP contribution >= 0.6 is 0 Å². The zero-order chi connectivity index (χ0) is 16.6. The third-order valence-corrected chi connectivity index (χ3v) is 7.23. The first-order valence-electron chi connectivity index (χ1n) is 8.63. The van der Waals surface area contributed by atoms with Crippen molar-refractivity contribution in [2.75, 3.05) is 0 Å². The van der Waals surface area contributed by atoms with E-state index in [1.165, 1.54) is 0 Å². The molecule has 0 aromatic carbocycles. The van der Waals surface area contributed by atoms with Gasteiger partial charge in [-0.25, -0.2) is 0 Å². The Labute approximate surface area is 138 Å². The highest BCUT2D eigenvalue weighted by Gasteiger charge is 2.60.